The Hall–Kier alpha value is -0.990. The van der Waals surface area contributed by atoms with E-state index in [0.717, 1.165) is 18.9 Å². The third kappa shape index (κ3) is 1.76. The van der Waals surface area contributed by atoms with Crippen molar-refractivity contribution in [1.29, 1.82) is 0 Å². The molecule has 0 fully saturated rings. The summed E-state index contributed by atoms with van der Waals surface area (Å²) in [6, 6.07) is 0. The fraction of sp³-hybridized carbons (Fsp3) is 0.500. The van der Waals surface area contributed by atoms with E-state index in [0.29, 0.717) is 0 Å². The number of rotatable bonds is 3. The third-order valence-corrected chi connectivity index (χ3v) is 0.935. The molecule has 1 rings (SSSR count). The van der Waals surface area contributed by atoms with Crippen LogP contribution >= 0.6 is 0 Å². The zero-order valence-electron chi connectivity index (χ0n) is 5.42. The first-order valence-corrected chi connectivity index (χ1v) is 3.04. The Balaban J connectivity index is 2.30. The van der Waals surface area contributed by atoms with Crippen molar-refractivity contribution in [3.05, 3.63) is 12.5 Å². The maximum absolute atomic E-state index is 5.18. The number of aromatic nitrogens is 2. The van der Waals surface area contributed by atoms with E-state index in [-0.39, 0.29) is 0 Å². The molecule has 0 saturated heterocycles. The highest BCUT2D eigenvalue weighted by Crippen LogP contribution is 2.00. The predicted molar refractivity (Wildman–Crippen MR) is 34.4 cm³/mol. The highest BCUT2D eigenvalue weighted by atomic mass is 16.5. The minimum absolute atomic E-state index is 0.747. The maximum Gasteiger partial charge on any atom is 0.210 e. The summed E-state index contributed by atoms with van der Waals surface area (Å²) in [6.07, 6.45) is 4.29. The van der Waals surface area contributed by atoms with Crippen LogP contribution in [0.2, 0.25) is 0 Å². The summed E-state index contributed by atoms with van der Waals surface area (Å²) in [5.74, 6) is 0.747. The quantitative estimate of drug-likeness (QED) is 0.660. The van der Waals surface area contributed by atoms with Crippen molar-refractivity contribution in [2.45, 2.75) is 13.3 Å². The molecule has 0 unspecified atom stereocenters. The lowest BCUT2D eigenvalue weighted by Crippen LogP contribution is -1.94. The summed E-state index contributed by atoms with van der Waals surface area (Å²) >= 11 is 0. The fourth-order valence-corrected chi connectivity index (χ4v) is 0.534. The molecule has 0 aliphatic rings. The summed E-state index contributed by atoms with van der Waals surface area (Å²) in [7, 11) is 0. The van der Waals surface area contributed by atoms with Gasteiger partial charge in [-0.25, -0.2) is 4.98 Å². The van der Waals surface area contributed by atoms with Gasteiger partial charge >= 0.3 is 0 Å². The zero-order chi connectivity index (χ0) is 6.53. The summed E-state index contributed by atoms with van der Waals surface area (Å²) in [5, 5.41) is 0. The lowest BCUT2D eigenvalue weighted by Gasteiger charge is -1.97. The molecule has 0 aromatic carbocycles. The van der Waals surface area contributed by atoms with E-state index in [1.807, 2.05) is 0 Å². The molecule has 1 aromatic heterocycles. The lowest BCUT2D eigenvalue weighted by atomic mass is 10.5. The Labute approximate surface area is 54.1 Å². The van der Waals surface area contributed by atoms with Gasteiger partial charge < -0.3 is 9.72 Å². The van der Waals surface area contributed by atoms with Crippen molar-refractivity contribution in [3.63, 3.8) is 0 Å². The molecular weight excluding hydrogens is 116 g/mol. The molecule has 50 valence electrons. The largest absolute Gasteiger partial charge is 0.478 e. The molecule has 3 nitrogen and oxygen atoms in total. The normalized spacial score (nSPS) is 9.44. The van der Waals surface area contributed by atoms with E-state index in [2.05, 4.69) is 16.9 Å². The predicted octanol–water partition coefficient (Wildman–Crippen LogP) is 1.20. The Morgan fingerprint density at radius 3 is 3.22 bits per heavy atom. The molecule has 1 aromatic rings. The molecule has 0 amide bonds. The second kappa shape index (κ2) is 3.12. The molecule has 0 spiro atoms. The maximum atomic E-state index is 5.18. The molecule has 3 heteroatoms. The summed E-state index contributed by atoms with van der Waals surface area (Å²) in [4.78, 5) is 6.63. The Bertz CT molecular complexity index is 148. The minimum atomic E-state index is 0.747. The Morgan fingerprint density at radius 1 is 1.78 bits per heavy atom. The average molecular weight is 126 g/mol. The van der Waals surface area contributed by atoms with Gasteiger partial charge in [0.2, 0.25) is 5.88 Å². The lowest BCUT2D eigenvalue weighted by molar-refractivity contribution is 0.307. The van der Waals surface area contributed by atoms with Crippen LogP contribution in [0.25, 0.3) is 0 Å². The van der Waals surface area contributed by atoms with Gasteiger partial charge in [-0.2, -0.15) is 0 Å². The summed E-state index contributed by atoms with van der Waals surface area (Å²) in [5.41, 5.74) is 0. The topological polar surface area (TPSA) is 37.9 Å². The van der Waals surface area contributed by atoms with E-state index in [4.69, 9.17) is 4.74 Å². The Kier molecular flexibility index (Phi) is 2.13. The van der Waals surface area contributed by atoms with E-state index in [1.165, 1.54) is 0 Å². The van der Waals surface area contributed by atoms with Gasteiger partial charge in [0.15, 0.2) is 0 Å². The van der Waals surface area contributed by atoms with Crippen LogP contribution in [0, 0.1) is 0 Å². The van der Waals surface area contributed by atoms with Crippen molar-refractivity contribution < 1.29 is 4.74 Å². The van der Waals surface area contributed by atoms with Crippen LogP contribution in [0.3, 0.4) is 0 Å². The molecule has 1 N–H and O–H groups in total. The number of hydrogen-bond donors (Lipinski definition) is 1. The van der Waals surface area contributed by atoms with Gasteiger partial charge in [-0.3, -0.25) is 0 Å². The van der Waals surface area contributed by atoms with Gasteiger partial charge in [0.05, 0.1) is 19.1 Å². The number of aromatic amines is 1. The van der Waals surface area contributed by atoms with Gasteiger partial charge in [0.25, 0.3) is 0 Å². The molecule has 0 bridgehead atoms. The third-order valence-electron chi connectivity index (χ3n) is 0.935. The number of H-pyrrole nitrogens is 1. The monoisotopic (exact) mass is 126 g/mol. The standard InChI is InChI=1S/C6H10N2O/c1-2-3-9-6-4-7-5-8-6/h4-5H,2-3H2,1H3,(H,7,8). The van der Waals surface area contributed by atoms with Crippen LogP contribution in [-0.2, 0) is 0 Å². The molecule has 0 aliphatic carbocycles. The van der Waals surface area contributed by atoms with Gasteiger partial charge in [-0.05, 0) is 6.42 Å². The van der Waals surface area contributed by atoms with Crippen LogP contribution in [0.15, 0.2) is 12.5 Å². The van der Waals surface area contributed by atoms with Crippen LogP contribution < -0.4 is 4.74 Å². The fourth-order valence-electron chi connectivity index (χ4n) is 0.534. The van der Waals surface area contributed by atoms with Crippen molar-refractivity contribution in [1.82, 2.24) is 9.97 Å². The molecule has 9 heavy (non-hydrogen) atoms. The van der Waals surface area contributed by atoms with Crippen LogP contribution in [-0.4, -0.2) is 16.6 Å². The van der Waals surface area contributed by atoms with Crippen molar-refractivity contribution in [2.24, 2.45) is 0 Å². The molecule has 0 atom stereocenters. The molecule has 1 heterocycles. The first-order valence-electron chi connectivity index (χ1n) is 3.04. The van der Waals surface area contributed by atoms with E-state index < -0.39 is 0 Å². The molecule has 0 saturated carbocycles. The number of nitrogens with zero attached hydrogens (tertiary/aromatic N) is 1. The average Bonchev–Trinajstić information content (AvgIpc) is 2.34. The van der Waals surface area contributed by atoms with E-state index >= 15 is 0 Å². The van der Waals surface area contributed by atoms with E-state index in [1.54, 1.807) is 12.5 Å². The van der Waals surface area contributed by atoms with Crippen LogP contribution in [0.4, 0.5) is 0 Å². The summed E-state index contributed by atoms with van der Waals surface area (Å²) in [6.45, 7) is 2.82. The minimum Gasteiger partial charge on any atom is -0.478 e. The van der Waals surface area contributed by atoms with E-state index in [9.17, 15) is 0 Å². The first-order chi connectivity index (χ1) is 4.43. The molecule has 0 radical (unpaired) electrons. The first kappa shape index (κ1) is 6.13. The zero-order valence-corrected chi connectivity index (χ0v) is 5.42. The molecule has 0 aliphatic heterocycles. The van der Waals surface area contributed by atoms with Crippen LogP contribution in [0.5, 0.6) is 5.88 Å². The van der Waals surface area contributed by atoms with Crippen molar-refractivity contribution in [3.8, 4) is 5.88 Å². The second-order valence-electron chi connectivity index (χ2n) is 1.76. The van der Waals surface area contributed by atoms with Crippen LogP contribution in [0.1, 0.15) is 13.3 Å². The van der Waals surface area contributed by atoms with Crippen molar-refractivity contribution >= 4 is 0 Å². The molecular formula is C6H10N2O. The van der Waals surface area contributed by atoms with Gasteiger partial charge in [0, 0.05) is 0 Å². The smallest absolute Gasteiger partial charge is 0.210 e. The van der Waals surface area contributed by atoms with Gasteiger partial charge in [-0.15, -0.1) is 0 Å². The second-order valence-corrected chi connectivity index (χ2v) is 1.76. The SMILES string of the molecule is CCCOc1cnc[nH]1. The number of ether oxygens (including phenoxy) is 1. The number of nitrogens with one attached hydrogen (secondary N) is 1. The van der Waals surface area contributed by atoms with Crippen molar-refractivity contribution in [2.75, 3.05) is 6.61 Å². The Morgan fingerprint density at radius 2 is 2.67 bits per heavy atom. The van der Waals surface area contributed by atoms with Gasteiger partial charge in [0.1, 0.15) is 0 Å². The highest BCUT2D eigenvalue weighted by Gasteiger charge is 1.88. The van der Waals surface area contributed by atoms with Gasteiger partial charge in [-0.1, -0.05) is 6.92 Å². The highest BCUT2D eigenvalue weighted by molar-refractivity contribution is 5.00. The summed E-state index contributed by atoms with van der Waals surface area (Å²) < 4.78 is 5.18. The number of hydrogen-bond acceptors (Lipinski definition) is 2. The number of imidazole rings is 1.